The molecule has 0 amide bonds. The summed E-state index contributed by atoms with van der Waals surface area (Å²) in [6.07, 6.45) is 2.11. The Morgan fingerprint density at radius 1 is 1.15 bits per heavy atom. The fraction of sp³-hybridized carbons (Fsp3) is 0.235. The molecule has 0 N–H and O–H groups in total. The van der Waals surface area contributed by atoms with Crippen LogP contribution in [0.3, 0.4) is 0 Å². The molecule has 0 radical (unpaired) electrons. The summed E-state index contributed by atoms with van der Waals surface area (Å²) < 4.78 is 3.30. The average molecular weight is 329 g/mol. The predicted octanol–water partition coefficient (Wildman–Crippen LogP) is 5.20. The number of nitrogens with zero attached hydrogens (tertiary/aromatic N) is 2. The Bertz CT molecular complexity index is 758. The molecule has 0 bridgehead atoms. The molecule has 2 heterocycles. The number of rotatable bonds is 2. The van der Waals surface area contributed by atoms with E-state index in [4.69, 9.17) is 4.98 Å². The lowest BCUT2D eigenvalue weighted by atomic mass is 10.0. The molecule has 0 saturated carbocycles. The van der Waals surface area contributed by atoms with Gasteiger partial charge in [-0.3, -0.25) is 0 Å². The molecule has 2 nitrogen and oxygen atoms in total. The first-order valence-electron chi connectivity index (χ1n) is 6.81. The van der Waals surface area contributed by atoms with Crippen LogP contribution in [0.15, 0.2) is 47.1 Å². The van der Waals surface area contributed by atoms with E-state index in [0.29, 0.717) is 5.92 Å². The van der Waals surface area contributed by atoms with E-state index in [0.717, 1.165) is 15.8 Å². The van der Waals surface area contributed by atoms with Crippen LogP contribution in [-0.4, -0.2) is 9.38 Å². The van der Waals surface area contributed by atoms with E-state index < -0.39 is 0 Å². The summed E-state index contributed by atoms with van der Waals surface area (Å²) in [4.78, 5) is 4.89. The third-order valence-corrected chi connectivity index (χ3v) is 3.94. The molecule has 0 aliphatic carbocycles. The Labute approximate surface area is 127 Å². The predicted molar refractivity (Wildman–Crippen MR) is 87.2 cm³/mol. The molecule has 0 atom stereocenters. The smallest absolute Gasteiger partial charge is 0.140 e. The maximum atomic E-state index is 4.89. The number of hydrogen-bond acceptors (Lipinski definition) is 1. The van der Waals surface area contributed by atoms with Gasteiger partial charge in [0.1, 0.15) is 5.65 Å². The molecule has 2 aromatic heterocycles. The minimum Gasteiger partial charge on any atom is -0.302 e. The van der Waals surface area contributed by atoms with Crippen molar-refractivity contribution in [3.8, 4) is 11.3 Å². The lowest BCUT2D eigenvalue weighted by molar-refractivity contribution is 0.809. The number of imidazole rings is 1. The summed E-state index contributed by atoms with van der Waals surface area (Å²) in [7, 11) is 0. The molecule has 0 aliphatic heterocycles. The van der Waals surface area contributed by atoms with Crippen molar-refractivity contribution < 1.29 is 0 Å². The number of fused-ring (bicyclic) bond motifs is 1. The van der Waals surface area contributed by atoms with Gasteiger partial charge in [-0.15, -0.1) is 0 Å². The van der Waals surface area contributed by atoms with Crippen LogP contribution in [0.1, 0.15) is 31.0 Å². The zero-order valence-electron chi connectivity index (χ0n) is 11.9. The lowest BCUT2D eigenvalue weighted by Crippen LogP contribution is -1.97. The van der Waals surface area contributed by atoms with Gasteiger partial charge in [-0.05, 0) is 40.4 Å². The van der Waals surface area contributed by atoms with E-state index in [1.54, 1.807) is 0 Å². The Balaban J connectivity index is 2.38. The average Bonchev–Trinajstić information content (AvgIpc) is 2.79. The topological polar surface area (TPSA) is 17.3 Å². The van der Waals surface area contributed by atoms with Crippen LogP contribution in [0.25, 0.3) is 16.9 Å². The van der Waals surface area contributed by atoms with E-state index in [1.807, 2.05) is 6.07 Å². The first-order valence-corrected chi connectivity index (χ1v) is 7.60. The summed E-state index contributed by atoms with van der Waals surface area (Å²) in [6, 6.07) is 12.5. The third kappa shape index (κ3) is 2.16. The Morgan fingerprint density at radius 3 is 2.50 bits per heavy atom. The van der Waals surface area contributed by atoms with Crippen LogP contribution in [-0.2, 0) is 0 Å². The SMILES string of the molecule is Cc1cc(Br)cn2c(C(C)C)c(-c3ccccc3)nc12. The summed E-state index contributed by atoms with van der Waals surface area (Å²) >= 11 is 3.58. The number of pyridine rings is 1. The van der Waals surface area contributed by atoms with Gasteiger partial charge >= 0.3 is 0 Å². The summed E-state index contributed by atoms with van der Waals surface area (Å²) in [6.45, 7) is 6.53. The van der Waals surface area contributed by atoms with Gasteiger partial charge in [0, 0.05) is 16.2 Å². The first-order chi connectivity index (χ1) is 9.58. The van der Waals surface area contributed by atoms with Gasteiger partial charge in [0.15, 0.2) is 0 Å². The maximum Gasteiger partial charge on any atom is 0.140 e. The van der Waals surface area contributed by atoms with Crippen LogP contribution in [0.2, 0.25) is 0 Å². The second kappa shape index (κ2) is 5.06. The first kappa shape index (κ1) is 13.4. The highest BCUT2D eigenvalue weighted by molar-refractivity contribution is 9.10. The number of aromatic nitrogens is 2. The van der Waals surface area contributed by atoms with E-state index in [2.05, 4.69) is 77.6 Å². The standard InChI is InChI=1S/C17H17BrN2/c1-11(2)16-15(13-7-5-4-6-8-13)19-17-12(3)9-14(18)10-20(16)17/h4-11H,1-3H3. The summed E-state index contributed by atoms with van der Waals surface area (Å²) in [5.41, 5.74) is 5.74. The summed E-state index contributed by atoms with van der Waals surface area (Å²) in [5, 5.41) is 0. The molecule has 102 valence electrons. The van der Waals surface area contributed by atoms with Gasteiger partial charge in [-0.25, -0.2) is 4.98 Å². The van der Waals surface area contributed by atoms with E-state index in [-0.39, 0.29) is 0 Å². The third-order valence-electron chi connectivity index (χ3n) is 3.50. The molecule has 3 aromatic rings. The molecule has 0 aliphatic rings. The van der Waals surface area contributed by atoms with Gasteiger partial charge in [0.2, 0.25) is 0 Å². The molecular formula is C17H17BrN2. The van der Waals surface area contributed by atoms with Gasteiger partial charge in [0.05, 0.1) is 11.4 Å². The Morgan fingerprint density at radius 2 is 1.85 bits per heavy atom. The number of benzene rings is 1. The highest BCUT2D eigenvalue weighted by Gasteiger charge is 2.17. The second-order valence-electron chi connectivity index (χ2n) is 5.40. The molecular weight excluding hydrogens is 312 g/mol. The minimum absolute atomic E-state index is 0.411. The molecule has 20 heavy (non-hydrogen) atoms. The van der Waals surface area contributed by atoms with Crippen molar-refractivity contribution in [3.63, 3.8) is 0 Å². The largest absolute Gasteiger partial charge is 0.302 e. The van der Waals surface area contributed by atoms with Gasteiger partial charge in [0.25, 0.3) is 0 Å². The van der Waals surface area contributed by atoms with E-state index in [1.165, 1.54) is 16.8 Å². The zero-order chi connectivity index (χ0) is 14.3. The van der Waals surface area contributed by atoms with Crippen molar-refractivity contribution in [1.29, 1.82) is 0 Å². The second-order valence-corrected chi connectivity index (χ2v) is 6.32. The quantitative estimate of drug-likeness (QED) is 0.632. The Kier molecular flexibility index (Phi) is 3.38. The molecule has 0 fully saturated rings. The van der Waals surface area contributed by atoms with Crippen LogP contribution in [0, 0.1) is 6.92 Å². The highest BCUT2D eigenvalue weighted by Crippen LogP contribution is 2.31. The molecule has 0 saturated heterocycles. The molecule has 3 heteroatoms. The normalized spacial score (nSPS) is 11.4. The number of halogens is 1. The van der Waals surface area contributed by atoms with Crippen LogP contribution >= 0.6 is 15.9 Å². The van der Waals surface area contributed by atoms with Gasteiger partial charge in [-0.1, -0.05) is 44.2 Å². The van der Waals surface area contributed by atoms with Crippen molar-refractivity contribution in [2.75, 3.05) is 0 Å². The van der Waals surface area contributed by atoms with E-state index >= 15 is 0 Å². The van der Waals surface area contributed by atoms with E-state index in [9.17, 15) is 0 Å². The summed E-state index contributed by atoms with van der Waals surface area (Å²) in [5.74, 6) is 0.411. The van der Waals surface area contributed by atoms with Crippen molar-refractivity contribution in [2.24, 2.45) is 0 Å². The Hall–Kier alpha value is -1.61. The maximum absolute atomic E-state index is 4.89. The van der Waals surface area contributed by atoms with Crippen LogP contribution in [0.4, 0.5) is 0 Å². The van der Waals surface area contributed by atoms with Crippen molar-refractivity contribution in [2.45, 2.75) is 26.7 Å². The highest BCUT2D eigenvalue weighted by atomic mass is 79.9. The van der Waals surface area contributed by atoms with Crippen molar-refractivity contribution >= 4 is 21.6 Å². The lowest BCUT2D eigenvalue weighted by Gasteiger charge is -2.09. The van der Waals surface area contributed by atoms with Crippen molar-refractivity contribution in [1.82, 2.24) is 9.38 Å². The van der Waals surface area contributed by atoms with Crippen LogP contribution < -0.4 is 0 Å². The van der Waals surface area contributed by atoms with Gasteiger partial charge < -0.3 is 4.40 Å². The molecule has 0 unspecified atom stereocenters. The molecule has 0 spiro atoms. The molecule has 1 aromatic carbocycles. The van der Waals surface area contributed by atoms with Gasteiger partial charge in [-0.2, -0.15) is 0 Å². The number of hydrogen-bond donors (Lipinski definition) is 0. The monoisotopic (exact) mass is 328 g/mol. The van der Waals surface area contributed by atoms with Crippen molar-refractivity contribution in [3.05, 3.63) is 58.3 Å². The van der Waals surface area contributed by atoms with Crippen LogP contribution in [0.5, 0.6) is 0 Å². The fourth-order valence-electron chi connectivity index (χ4n) is 2.65. The molecule has 3 rings (SSSR count). The zero-order valence-corrected chi connectivity index (χ0v) is 13.5. The number of aryl methyl sites for hydroxylation is 1. The minimum atomic E-state index is 0.411. The fourth-order valence-corrected chi connectivity index (χ4v) is 3.19.